The van der Waals surface area contributed by atoms with Crippen molar-refractivity contribution in [1.82, 2.24) is 0 Å². The molecule has 4 rings (SSSR count). The standard InChI is InChI=1S/C28H25NO4/c30-28(21-33-27-15-11-23(12-16-27)22-7-3-1-4-8-22)29-24-13-17-26(18-14-24)32-20-19-31-25-9-5-2-6-10-25/h1-18H,19-21H2,(H,29,30). The lowest BCUT2D eigenvalue weighted by Crippen LogP contribution is -2.20. The molecule has 0 bridgehead atoms. The van der Waals surface area contributed by atoms with Crippen molar-refractivity contribution in [2.24, 2.45) is 0 Å². The van der Waals surface area contributed by atoms with Gasteiger partial charge in [-0.3, -0.25) is 4.79 Å². The molecule has 0 aliphatic rings. The lowest BCUT2D eigenvalue weighted by molar-refractivity contribution is -0.118. The highest BCUT2D eigenvalue weighted by Gasteiger charge is 2.05. The summed E-state index contributed by atoms with van der Waals surface area (Å²) in [5.74, 6) is 1.94. The van der Waals surface area contributed by atoms with Gasteiger partial charge in [-0.1, -0.05) is 60.7 Å². The normalized spacial score (nSPS) is 10.3. The number of carbonyl (C=O) groups is 1. The number of carbonyl (C=O) groups excluding carboxylic acids is 1. The summed E-state index contributed by atoms with van der Waals surface area (Å²) >= 11 is 0. The highest BCUT2D eigenvalue weighted by molar-refractivity contribution is 5.91. The van der Waals surface area contributed by atoms with Crippen LogP contribution < -0.4 is 19.5 Å². The molecule has 0 spiro atoms. The predicted molar refractivity (Wildman–Crippen MR) is 130 cm³/mol. The summed E-state index contributed by atoms with van der Waals surface area (Å²) in [4.78, 5) is 12.2. The topological polar surface area (TPSA) is 56.8 Å². The minimum atomic E-state index is -0.230. The molecule has 1 amide bonds. The molecule has 5 heteroatoms. The Morgan fingerprint density at radius 1 is 0.545 bits per heavy atom. The van der Waals surface area contributed by atoms with E-state index in [0.717, 1.165) is 16.9 Å². The van der Waals surface area contributed by atoms with Gasteiger partial charge in [0.1, 0.15) is 30.5 Å². The minimum Gasteiger partial charge on any atom is -0.490 e. The fourth-order valence-electron chi connectivity index (χ4n) is 3.19. The largest absolute Gasteiger partial charge is 0.490 e. The molecule has 0 radical (unpaired) electrons. The Hall–Kier alpha value is -4.25. The SMILES string of the molecule is O=C(COc1ccc(-c2ccccc2)cc1)Nc1ccc(OCCOc2ccccc2)cc1. The number of hydrogen-bond donors (Lipinski definition) is 1. The van der Waals surface area contributed by atoms with Gasteiger partial charge in [-0.25, -0.2) is 0 Å². The Morgan fingerprint density at radius 2 is 1.03 bits per heavy atom. The number of benzene rings is 4. The molecular weight excluding hydrogens is 414 g/mol. The van der Waals surface area contributed by atoms with E-state index in [2.05, 4.69) is 17.4 Å². The van der Waals surface area contributed by atoms with Crippen molar-refractivity contribution in [3.63, 3.8) is 0 Å². The lowest BCUT2D eigenvalue weighted by atomic mass is 10.1. The van der Waals surface area contributed by atoms with Crippen LogP contribution in [-0.4, -0.2) is 25.7 Å². The summed E-state index contributed by atoms with van der Waals surface area (Å²) in [7, 11) is 0. The van der Waals surface area contributed by atoms with Crippen LogP contribution >= 0.6 is 0 Å². The van der Waals surface area contributed by atoms with E-state index in [4.69, 9.17) is 14.2 Å². The van der Waals surface area contributed by atoms with Crippen molar-refractivity contribution < 1.29 is 19.0 Å². The van der Waals surface area contributed by atoms with Crippen LogP contribution in [0.5, 0.6) is 17.2 Å². The second kappa shape index (κ2) is 11.4. The van der Waals surface area contributed by atoms with Gasteiger partial charge in [0.2, 0.25) is 0 Å². The first-order chi connectivity index (χ1) is 16.3. The maximum atomic E-state index is 12.2. The first-order valence-corrected chi connectivity index (χ1v) is 10.8. The molecular formula is C28H25NO4. The van der Waals surface area contributed by atoms with Crippen LogP contribution in [0.3, 0.4) is 0 Å². The Balaban J connectivity index is 1.18. The predicted octanol–water partition coefficient (Wildman–Crippen LogP) is 5.83. The van der Waals surface area contributed by atoms with Crippen LogP contribution in [0.1, 0.15) is 0 Å². The molecule has 0 aromatic heterocycles. The van der Waals surface area contributed by atoms with Gasteiger partial charge in [-0.05, 0) is 59.7 Å². The maximum absolute atomic E-state index is 12.2. The van der Waals surface area contributed by atoms with Gasteiger partial charge >= 0.3 is 0 Å². The average molecular weight is 440 g/mol. The molecule has 0 atom stereocenters. The summed E-state index contributed by atoms with van der Waals surface area (Å²) in [6.07, 6.45) is 0. The zero-order chi connectivity index (χ0) is 22.7. The van der Waals surface area contributed by atoms with E-state index < -0.39 is 0 Å². The van der Waals surface area contributed by atoms with Crippen molar-refractivity contribution >= 4 is 11.6 Å². The van der Waals surface area contributed by atoms with E-state index in [1.165, 1.54) is 0 Å². The fourth-order valence-corrected chi connectivity index (χ4v) is 3.19. The molecule has 0 heterocycles. The van der Waals surface area contributed by atoms with Crippen molar-refractivity contribution in [2.75, 3.05) is 25.1 Å². The van der Waals surface area contributed by atoms with Crippen LogP contribution in [0.4, 0.5) is 5.69 Å². The Morgan fingerprint density at radius 3 is 1.67 bits per heavy atom. The third kappa shape index (κ3) is 6.87. The van der Waals surface area contributed by atoms with Gasteiger partial charge in [0.05, 0.1) is 0 Å². The zero-order valence-electron chi connectivity index (χ0n) is 18.1. The van der Waals surface area contributed by atoms with Crippen LogP contribution in [-0.2, 0) is 4.79 Å². The van der Waals surface area contributed by atoms with Gasteiger partial charge < -0.3 is 19.5 Å². The zero-order valence-corrected chi connectivity index (χ0v) is 18.1. The van der Waals surface area contributed by atoms with E-state index in [9.17, 15) is 4.79 Å². The molecule has 0 fully saturated rings. The molecule has 166 valence electrons. The van der Waals surface area contributed by atoms with Gasteiger partial charge in [-0.2, -0.15) is 0 Å². The monoisotopic (exact) mass is 439 g/mol. The maximum Gasteiger partial charge on any atom is 0.262 e. The van der Waals surface area contributed by atoms with E-state index in [1.807, 2.05) is 72.8 Å². The lowest BCUT2D eigenvalue weighted by Gasteiger charge is -2.10. The molecule has 4 aromatic carbocycles. The first-order valence-electron chi connectivity index (χ1n) is 10.8. The summed E-state index contributed by atoms with van der Waals surface area (Å²) in [5.41, 5.74) is 2.91. The number of rotatable bonds is 10. The summed E-state index contributed by atoms with van der Waals surface area (Å²) in [6.45, 7) is 0.809. The highest BCUT2D eigenvalue weighted by atomic mass is 16.5. The second-order valence-corrected chi connectivity index (χ2v) is 7.26. The molecule has 0 saturated heterocycles. The molecule has 5 nitrogen and oxygen atoms in total. The fraction of sp³-hybridized carbons (Fsp3) is 0.107. The molecule has 33 heavy (non-hydrogen) atoms. The minimum absolute atomic E-state index is 0.0697. The van der Waals surface area contributed by atoms with Crippen LogP contribution in [0, 0.1) is 0 Å². The van der Waals surface area contributed by atoms with Crippen LogP contribution in [0.25, 0.3) is 11.1 Å². The van der Waals surface area contributed by atoms with Gasteiger partial charge in [-0.15, -0.1) is 0 Å². The van der Waals surface area contributed by atoms with Crippen LogP contribution in [0.15, 0.2) is 109 Å². The molecule has 0 aliphatic carbocycles. The van der Waals surface area contributed by atoms with E-state index in [-0.39, 0.29) is 12.5 Å². The highest BCUT2D eigenvalue weighted by Crippen LogP contribution is 2.22. The molecule has 0 saturated carbocycles. The molecule has 1 N–H and O–H groups in total. The molecule has 4 aromatic rings. The Labute approximate surface area is 193 Å². The second-order valence-electron chi connectivity index (χ2n) is 7.26. The van der Waals surface area contributed by atoms with Crippen molar-refractivity contribution in [3.05, 3.63) is 109 Å². The van der Waals surface area contributed by atoms with Gasteiger partial charge in [0.25, 0.3) is 5.91 Å². The number of ether oxygens (including phenoxy) is 3. The number of anilines is 1. The quantitative estimate of drug-likeness (QED) is 0.316. The Bertz CT molecular complexity index is 1130. The Kier molecular flexibility index (Phi) is 7.58. The van der Waals surface area contributed by atoms with Crippen LogP contribution in [0.2, 0.25) is 0 Å². The van der Waals surface area contributed by atoms with Crippen molar-refractivity contribution in [2.45, 2.75) is 0 Å². The number of amides is 1. The molecule has 0 aliphatic heterocycles. The smallest absolute Gasteiger partial charge is 0.262 e. The van der Waals surface area contributed by atoms with E-state index in [0.29, 0.717) is 30.4 Å². The first kappa shape index (κ1) is 22.0. The average Bonchev–Trinajstić information content (AvgIpc) is 2.88. The molecule has 0 unspecified atom stereocenters. The summed E-state index contributed by atoms with van der Waals surface area (Å²) in [5, 5.41) is 2.82. The number of para-hydroxylation sites is 1. The third-order valence-corrected chi connectivity index (χ3v) is 4.83. The summed E-state index contributed by atoms with van der Waals surface area (Å²) < 4.78 is 16.9. The summed E-state index contributed by atoms with van der Waals surface area (Å²) in [6, 6.07) is 34.6. The van der Waals surface area contributed by atoms with Crippen molar-refractivity contribution in [3.8, 4) is 28.4 Å². The van der Waals surface area contributed by atoms with Gasteiger partial charge in [0.15, 0.2) is 6.61 Å². The number of nitrogens with one attached hydrogen (secondary N) is 1. The number of hydrogen-bond acceptors (Lipinski definition) is 4. The van der Waals surface area contributed by atoms with E-state index in [1.54, 1.807) is 24.3 Å². The third-order valence-electron chi connectivity index (χ3n) is 4.83. The van der Waals surface area contributed by atoms with Gasteiger partial charge in [0, 0.05) is 5.69 Å². The van der Waals surface area contributed by atoms with E-state index >= 15 is 0 Å². The van der Waals surface area contributed by atoms with Crippen molar-refractivity contribution in [1.29, 1.82) is 0 Å².